The topological polar surface area (TPSA) is 38.3 Å². The van der Waals surface area contributed by atoms with Crippen LogP contribution in [0, 0.1) is 6.92 Å². The highest BCUT2D eigenvalue weighted by molar-refractivity contribution is 9.10. The number of carbonyl (C=O) groups excluding carboxylic acids is 1. The van der Waals surface area contributed by atoms with Crippen molar-refractivity contribution in [1.82, 2.24) is 0 Å². The van der Waals surface area contributed by atoms with Crippen LogP contribution in [-0.2, 0) is 9.53 Å². The Morgan fingerprint density at radius 3 is 2.93 bits per heavy atom. The van der Waals surface area contributed by atoms with Gasteiger partial charge in [0, 0.05) is 16.7 Å². The molecule has 0 fully saturated rings. The summed E-state index contributed by atoms with van der Waals surface area (Å²) in [5.74, 6) is -0.203. The van der Waals surface area contributed by atoms with Crippen LogP contribution in [0.2, 0.25) is 0 Å². The second-order valence-electron chi connectivity index (χ2n) is 3.19. The molecule has 0 saturated carbocycles. The third kappa shape index (κ3) is 3.55. The van der Waals surface area contributed by atoms with E-state index in [1.807, 2.05) is 25.1 Å². The molecule has 0 unspecified atom stereocenters. The molecule has 0 atom stereocenters. The molecule has 1 aromatic rings. The van der Waals surface area contributed by atoms with Gasteiger partial charge < -0.3 is 10.1 Å². The van der Waals surface area contributed by atoms with E-state index in [2.05, 4.69) is 26.0 Å². The molecular formula is C11H14BrNO2. The van der Waals surface area contributed by atoms with Crippen LogP contribution in [0.3, 0.4) is 0 Å². The lowest BCUT2D eigenvalue weighted by Gasteiger charge is -2.09. The summed E-state index contributed by atoms with van der Waals surface area (Å²) < 4.78 is 5.59. The Morgan fingerprint density at radius 2 is 2.27 bits per heavy atom. The summed E-state index contributed by atoms with van der Waals surface area (Å²) in [5.41, 5.74) is 2.16. The number of methoxy groups -OCH3 is 1. The standard InChI is InChI=1S/C11H14BrNO2/c1-8-4-3-5-9(11(8)12)13-7-6-10(14)15-2/h3-5,13H,6-7H2,1-2H3. The Hall–Kier alpha value is -1.03. The van der Waals surface area contributed by atoms with Crippen molar-refractivity contribution >= 4 is 27.6 Å². The van der Waals surface area contributed by atoms with Crippen molar-refractivity contribution in [2.75, 3.05) is 19.0 Å². The van der Waals surface area contributed by atoms with Gasteiger partial charge in [0.1, 0.15) is 0 Å². The van der Waals surface area contributed by atoms with E-state index >= 15 is 0 Å². The maximum Gasteiger partial charge on any atom is 0.307 e. The SMILES string of the molecule is COC(=O)CCNc1cccc(C)c1Br. The Labute approximate surface area is 97.9 Å². The Kier molecular flexibility index (Phi) is 4.62. The number of benzene rings is 1. The Morgan fingerprint density at radius 1 is 1.53 bits per heavy atom. The van der Waals surface area contributed by atoms with Gasteiger partial charge in [-0.15, -0.1) is 0 Å². The van der Waals surface area contributed by atoms with E-state index in [0.717, 1.165) is 15.7 Å². The Balaban J connectivity index is 2.51. The van der Waals surface area contributed by atoms with Crippen molar-refractivity contribution in [3.63, 3.8) is 0 Å². The Bertz CT molecular complexity index is 352. The summed E-state index contributed by atoms with van der Waals surface area (Å²) >= 11 is 3.49. The fourth-order valence-corrected chi connectivity index (χ4v) is 1.59. The highest BCUT2D eigenvalue weighted by Gasteiger charge is 2.03. The number of esters is 1. The molecule has 0 aliphatic rings. The second-order valence-corrected chi connectivity index (χ2v) is 3.98. The molecule has 0 heterocycles. The van der Waals surface area contributed by atoms with Gasteiger partial charge in [-0.25, -0.2) is 0 Å². The van der Waals surface area contributed by atoms with Gasteiger partial charge in [0.2, 0.25) is 0 Å². The van der Waals surface area contributed by atoms with E-state index < -0.39 is 0 Å². The second kappa shape index (κ2) is 5.75. The van der Waals surface area contributed by atoms with Crippen LogP contribution in [0.5, 0.6) is 0 Å². The molecule has 1 rings (SSSR count). The molecule has 4 heteroatoms. The first-order valence-corrected chi connectivity index (χ1v) is 5.50. The first-order valence-electron chi connectivity index (χ1n) is 4.71. The number of aryl methyl sites for hydroxylation is 1. The number of rotatable bonds is 4. The predicted molar refractivity (Wildman–Crippen MR) is 64.0 cm³/mol. The normalized spacial score (nSPS) is 9.80. The summed E-state index contributed by atoms with van der Waals surface area (Å²) in [6.45, 7) is 2.60. The van der Waals surface area contributed by atoms with E-state index in [-0.39, 0.29) is 5.97 Å². The van der Waals surface area contributed by atoms with Gasteiger partial charge in [0.15, 0.2) is 0 Å². The number of hydrogen-bond acceptors (Lipinski definition) is 3. The summed E-state index contributed by atoms with van der Waals surface area (Å²) in [5, 5.41) is 3.17. The number of ether oxygens (including phenoxy) is 1. The van der Waals surface area contributed by atoms with Crippen LogP contribution < -0.4 is 5.32 Å². The average molecular weight is 272 g/mol. The van der Waals surface area contributed by atoms with E-state index in [4.69, 9.17) is 0 Å². The maximum absolute atomic E-state index is 10.9. The molecule has 3 nitrogen and oxygen atoms in total. The number of anilines is 1. The summed E-state index contributed by atoms with van der Waals surface area (Å²) in [6.07, 6.45) is 0.372. The quantitative estimate of drug-likeness (QED) is 0.856. The molecule has 0 aliphatic heterocycles. The fourth-order valence-electron chi connectivity index (χ4n) is 1.19. The molecule has 0 aromatic heterocycles. The molecule has 0 saturated heterocycles. The monoisotopic (exact) mass is 271 g/mol. The average Bonchev–Trinajstić information content (AvgIpc) is 2.24. The van der Waals surface area contributed by atoms with Gasteiger partial charge in [-0.05, 0) is 34.5 Å². The minimum atomic E-state index is -0.203. The third-order valence-corrected chi connectivity index (χ3v) is 3.12. The van der Waals surface area contributed by atoms with Crippen molar-refractivity contribution in [3.8, 4) is 0 Å². The lowest BCUT2D eigenvalue weighted by molar-refractivity contribution is -0.140. The van der Waals surface area contributed by atoms with Gasteiger partial charge in [-0.2, -0.15) is 0 Å². The molecule has 15 heavy (non-hydrogen) atoms. The zero-order chi connectivity index (χ0) is 11.3. The van der Waals surface area contributed by atoms with Crippen LogP contribution in [-0.4, -0.2) is 19.6 Å². The smallest absolute Gasteiger partial charge is 0.307 e. The molecule has 1 aromatic carbocycles. The van der Waals surface area contributed by atoms with E-state index in [9.17, 15) is 4.79 Å². The van der Waals surface area contributed by atoms with Crippen molar-refractivity contribution in [2.45, 2.75) is 13.3 Å². The van der Waals surface area contributed by atoms with Gasteiger partial charge in [0.25, 0.3) is 0 Å². The van der Waals surface area contributed by atoms with Gasteiger partial charge in [-0.3, -0.25) is 4.79 Å². The first-order chi connectivity index (χ1) is 7.15. The van der Waals surface area contributed by atoms with Crippen molar-refractivity contribution in [2.24, 2.45) is 0 Å². The van der Waals surface area contributed by atoms with E-state index in [0.29, 0.717) is 13.0 Å². The number of hydrogen-bond donors (Lipinski definition) is 1. The summed E-state index contributed by atoms with van der Waals surface area (Å²) in [6, 6.07) is 5.96. The van der Waals surface area contributed by atoms with Crippen LogP contribution in [0.15, 0.2) is 22.7 Å². The fraction of sp³-hybridized carbons (Fsp3) is 0.364. The zero-order valence-electron chi connectivity index (χ0n) is 8.84. The van der Waals surface area contributed by atoms with Gasteiger partial charge in [-0.1, -0.05) is 12.1 Å². The molecule has 0 radical (unpaired) electrons. The molecule has 0 spiro atoms. The number of halogens is 1. The highest BCUT2D eigenvalue weighted by atomic mass is 79.9. The van der Waals surface area contributed by atoms with Gasteiger partial charge >= 0.3 is 5.97 Å². The lowest BCUT2D eigenvalue weighted by Crippen LogP contribution is -2.10. The molecule has 0 bridgehead atoms. The molecule has 82 valence electrons. The van der Waals surface area contributed by atoms with Crippen molar-refractivity contribution in [1.29, 1.82) is 0 Å². The van der Waals surface area contributed by atoms with Crippen LogP contribution in [0.4, 0.5) is 5.69 Å². The largest absolute Gasteiger partial charge is 0.469 e. The summed E-state index contributed by atoms with van der Waals surface area (Å²) in [7, 11) is 1.39. The van der Waals surface area contributed by atoms with Crippen LogP contribution >= 0.6 is 15.9 Å². The molecule has 0 aliphatic carbocycles. The number of nitrogens with one attached hydrogen (secondary N) is 1. The van der Waals surface area contributed by atoms with Crippen LogP contribution in [0.1, 0.15) is 12.0 Å². The third-order valence-electron chi connectivity index (χ3n) is 2.06. The molecule has 1 N–H and O–H groups in total. The molecule has 0 amide bonds. The number of carbonyl (C=O) groups is 1. The minimum absolute atomic E-state index is 0.203. The van der Waals surface area contributed by atoms with Crippen LogP contribution in [0.25, 0.3) is 0 Å². The van der Waals surface area contributed by atoms with E-state index in [1.165, 1.54) is 7.11 Å². The maximum atomic E-state index is 10.9. The summed E-state index contributed by atoms with van der Waals surface area (Å²) in [4.78, 5) is 10.9. The lowest BCUT2D eigenvalue weighted by atomic mass is 10.2. The predicted octanol–water partition coefficient (Wildman–Crippen LogP) is 2.73. The minimum Gasteiger partial charge on any atom is -0.469 e. The molecular weight excluding hydrogens is 258 g/mol. The van der Waals surface area contributed by atoms with E-state index in [1.54, 1.807) is 0 Å². The first kappa shape index (κ1) is 12.0. The zero-order valence-corrected chi connectivity index (χ0v) is 10.4. The highest BCUT2D eigenvalue weighted by Crippen LogP contribution is 2.25. The van der Waals surface area contributed by atoms with Crippen molar-refractivity contribution in [3.05, 3.63) is 28.2 Å². The van der Waals surface area contributed by atoms with Crippen molar-refractivity contribution < 1.29 is 9.53 Å². The van der Waals surface area contributed by atoms with Gasteiger partial charge in [0.05, 0.1) is 13.5 Å².